The molecule has 0 radical (unpaired) electrons. The zero-order chi connectivity index (χ0) is 20.7. The number of rotatable bonds is 4. The van der Waals surface area contributed by atoms with E-state index in [1.165, 1.54) is 0 Å². The Bertz CT molecular complexity index is 926. The molecule has 0 aliphatic carbocycles. The van der Waals surface area contributed by atoms with Crippen LogP contribution in [0.3, 0.4) is 0 Å². The third-order valence-corrected chi connectivity index (χ3v) is 6.24. The maximum Gasteiger partial charge on any atom is 0.231 e. The van der Waals surface area contributed by atoms with Gasteiger partial charge in [-0.2, -0.15) is 0 Å². The molecule has 2 aromatic rings. The molecule has 160 valence electrons. The second kappa shape index (κ2) is 7.89. The van der Waals surface area contributed by atoms with Gasteiger partial charge < -0.3 is 28.4 Å². The highest BCUT2D eigenvalue weighted by molar-refractivity contribution is 5.58. The fourth-order valence-electron chi connectivity index (χ4n) is 4.73. The first-order chi connectivity index (χ1) is 14.7. The summed E-state index contributed by atoms with van der Waals surface area (Å²) < 4.78 is 34.6. The Kier molecular flexibility index (Phi) is 5.08. The average molecular weight is 413 g/mol. The largest absolute Gasteiger partial charge is 0.497 e. The van der Waals surface area contributed by atoms with E-state index in [1.807, 2.05) is 18.2 Å². The van der Waals surface area contributed by atoms with Crippen molar-refractivity contribution in [2.75, 3.05) is 47.3 Å². The van der Waals surface area contributed by atoms with Crippen molar-refractivity contribution in [2.45, 2.75) is 19.1 Å². The molecule has 0 N–H and O–H groups in total. The Hall–Kier alpha value is -2.64. The van der Waals surface area contributed by atoms with Crippen LogP contribution >= 0.6 is 0 Å². The molecular weight excluding hydrogens is 386 g/mol. The highest BCUT2D eigenvalue weighted by Crippen LogP contribution is 2.51. The zero-order valence-corrected chi connectivity index (χ0v) is 17.6. The van der Waals surface area contributed by atoms with Gasteiger partial charge in [-0.3, -0.25) is 4.90 Å². The van der Waals surface area contributed by atoms with Crippen molar-refractivity contribution < 1.29 is 28.4 Å². The number of benzene rings is 2. The Morgan fingerprint density at radius 3 is 2.40 bits per heavy atom. The van der Waals surface area contributed by atoms with Crippen LogP contribution in [0, 0.1) is 5.92 Å². The van der Waals surface area contributed by atoms with E-state index < -0.39 is 0 Å². The Morgan fingerprint density at radius 2 is 1.67 bits per heavy atom. The summed E-state index contributed by atoms with van der Waals surface area (Å²) in [6.45, 7) is 5.61. The predicted molar refractivity (Wildman–Crippen MR) is 110 cm³/mol. The van der Waals surface area contributed by atoms with Gasteiger partial charge in [0.25, 0.3) is 0 Å². The molecule has 5 rings (SSSR count). The van der Waals surface area contributed by atoms with Gasteiger partial charge in [0.1, 0.15) is 17.2 Å². The number of hydrogen-bond acceptors (Lipinski definition) is 7. The Morgan fingerprint density at radius 1 is 0.900 bits per heavy atom. The third kappa shape index (κ3) is 3.22. The van der Waals surface area contributed by atoms with E-state index in [1.54, 1.807) is 14.2 Å². The van der Waals surface area contributed by atoms with Crippen LogP contribution < -0.4 is 23.7 Å². The van der Waals surface area contributed by atoms with Crippen LogP contribution in [-0.4, -0.2) is 58.4 Å². The molecule has 1 fully saturated rings. The van der Waals surface area contributed by atoms with Crippen LogP contribution in [0.2, 0.25) is 0 Å². The first-order valence-corrected chi connectivity index (χ1v) is 10.3. The summed E-state index contributed by atoms with van der Waals surface area (Å²) in [6.07, 6.45) is -0.0708. The molecule has 0 spiro atoms. The Balaban J connectivity index is 1.62. The molecule has 7 heteroatoms. The standard InChI is InChI=1S/C23H27NO6/c1-14-22(16-5-4-15(25-2)10-18(16)26-3)17-11-20-21(29-13-28-20)12-19(17)30-23(14)24-6-8-27-9-7-24/h4-5,10-12,14,22-23H,6-9,13H2,1-3H3/t14-,22+,23-/m0/s1. The first kappa shape index (κ1) is 19.3. The van der Waals surface area contributed by atoms with Gasteiger partial charge >= 0.3 is 0 Å². The summed E-state index contributed by atoms with van der Waals surface area (Å²) in [5.74, 6) is 4.13. The fourth-order valence-corrected chi connectivity index (χ4v) is 4.73. The minimum absolute atomic E-state index is 0.0666. The molecule has 0 bridgehead atoms. The van der Waals surface area contributed by atoms with E-state index in [2.05, 4.69) is 24.0 Å². The summed E-state index contributed by atoms with van der Waals surface area (Å²) >= 11 is 0. The lowest BCUT2D eigenvalue weighted by atomic mass is 9.77. The van der Waals surface area contributed by atoms with Crippen molar-refractivity contribution in [3.05, 3.63) is 41.5 Å². The zero-order valence-electron chi connectivity index (χ0n) is 17.6. The number of hydrogen-bond donors (Lipinski definition) is 0. The molecule has 3 heterocycles. The molecule has 3 aliphatic rings. The SMILES string of the molecule is COc1ccc([C@@H]2c3cc4c(cc3O[C@H](N3CCOCC3)[C@H]2C)OCO4)c(OC)c1. The molecule has 7 nitrogen and oxygen atoms in total. The van der Waals surface area contributed by atoms with Gasteiger partial charge in [0.15, 0.2) is 17.7 Å². The highest BCUT2D eigenvalue weighted by atomic mass is 16.7. The van der Waals surface area contributed by atoms with Crippen LogP contribution in [0.25, 0.3) is 0 Å². The molecule has 3 atom stereocenters. The van der Waals surface area contributed by atoms with E-state index in [-0.39, 0.29) is 24.9 Å². The molecule has 2 aromatic carbocycles. The molecule has 30 heavy (non-hydrogen) atoms. The fraction of sp³-hybridized carbons (Fsp3) is 0.478. The lowest BCUT2D eigenvalue weighted by molar-refractivity contribution is -0.0785. The van der Waals surface area contributed by atoms with Crippen LogP contribution in [0.1, 0.15) is 24.0 Å². The summed E-state index contributed by atoms with van der Waals surface area (Å²) in [5, 5.41) is 0. The number of nitrogens with zero attached hydrogens (tertiary/aromatic N) is 1. The number of morpholine rings is 1. The summed E-state index contributed by atoms with van der Waals surface area (Å²) in [5.41, 5.74) is 2.19. The van der Waals surface area contributed by atoms with Crippen molar-refractivity contribution in [1.29, 1.82) is 0 Å². The Labute approximate surface area is 176 Å². The van der Waals surface area contributed by atoms with Crippen molar-refractivity contribution in [2.24, 2.45) is 5.92 Å². The third-order valence-electron chi connectivity index (χ3n) is 6.24. The van der Waals surface area contributed by atoms with Gasteiger partial charge in [-0.05, 0) is 12.1 Å². The lowest BCUT2D eigenvalue weighted by Gasteiger charge is -2.44. The smallest absolute Gasteiger partial charge is 0.231 e. The van der Waals surface area contributed by atoms with Crippen LogP contribution in [0.5, 0.6) is 28.7 Å². The second-order valence-corrected chi connectivity index (χ2v) is 7.84. The minimum Gasteiger partial charge on any atom is -0.497 e. The summed E-state index contributed by atoms with van der Waals surface area (Å²) in [6, 6.07) is 10.0. The minimum atomic E-state index is -0.0708. The van der Waals surface area contributed by atoms with Gasteiger partial charge in [0.05, 0.1) is 27.4 Å². The maximum absolute atomic E-state index is 6.55. The van der Waals surface area contributed by atoms with E-state index in [9.17, 15) is 0 Å². The second-order valence-electron chi connectivity index (χ2n) is 7.84. The van der Waals surface area contributed by atoms with Gasteiger partial charge in [-0.15, -0.1) is 0 Å². The van der Waals surface area contributed by atoms with Crippen molar-refractivity contribution in [3.63, 3.8) is 0 Å². The highest BCUT2D eigenvalue weighted by Gasteiger charge is 2.42. The summed E-state index contributed by atoms with van der Waals surface area (Å²) in [7, 11) is 3.36. The van der Waals surface area contributed by atoms with Gasteiger partial charge in [-0.1, -0.05) is 13.0 Å². The van der Waals surface area contributed by atoms with E-state index in [0.717, 1.165) is 66.2 Å². The van der Waals surface area contributed by atoms with E-state index >= 15 is 0 Å². The summed E-state index contributed by atoms with van der Waals surface area (Å²) in [4.78, 5) is 2.37. The van der Waals surface area contributed by atoms with Gasteiger partial charge in [0, 0.05) is 48.2 Å². The topological polar surface area (TPSA) is 58.6 Å². The van der Waals surface area contributed by atoms with Crippen molar-refractivity contribution in [1.82, 2.24) is 4.90 Å². The first-order valence-electron chi connectivity index (χ1n) is 10.3. The molecule has 0 aromatic heterocycles. The van der Waals surface area contributed by atoms with E-state index in [4.69, 9.17) is 28.4 Å². The quantitative estimate of drug-likeness (QED) is 0.763. The molecule has 0 unspecified atom stereocenters. The molecular formula is C23H27NO6. The van der Waals surface area contributed by atoms with Gasteiger partial charge in [0.2, 0.25) is 6.79 Å². The number of methoxy groups -OCH3 is 2. The van der Waals surface area contributed by atoms with Crippen LogP contribution in [0.15, 0.2) is 30.3 Å². The van der Waals surface area contributed by atoms with Gasteiger partial charge in [-0.25, -0.2) is 0 Å². The number of fused-ring (bicyclic) bond motifs is 2. The average Bonchev–Trinajstić information content (AvgIpc) is 3.25. The van der Waals surface area contributed by atoms with Crippen LogP contribution in [0.4, 0.5) is 0 Å². The normalized spacial score (nSPS) is 25.4. The molecule has 3 aliphatic heterocycles. The van der Waals surface area contributed by atoms with Crippen molar-refractivity contribution in [3.8, 4) is 28.7 Å². The van der Waals surface area contributed by atoms with Crippen molar-refractivity contribution >= 4 is 0 Å². The molecule has 0 saturated carbocycles. The molecule has 0 amide bonds. The predicted octanol–water partition coefficient (Wildman–Crippen LogP) is 3.25. The van der Waals surface area contributed by atoms with Crippen LogP contribution in [-0.2, 0) is 4.74 Å². The maximum atomic E-state index is 6.55. The molecule has 1 saturated heterocycles. The lowest BCUT2D eigenvalue weighted by Crippen LogP contribution is -2.52. The van der Waals surface area contributed by atoms with E-state index in [0.29, 0.717) is 0 Å². The number of ether oxygens (including phenoxy) is 6. The monoisotopic (exact) mass is 413 g/mol.